The fourth-order valence-electron chi connectivity index (χ4n) is 0.791. The number of hydrazone groups is 1. The van der Waals surface area contributed by atoms with Gasteiger partial charge in [-0.25, -0.2) is 0 Å². The van der Waals surface area contributed by atoms with Crippen molar-refractivity contribution >= 4 is 6.21 Å². The van der Waals surface area contributed by atoms with Crippen molar-refractivity contribution in [2.24, 2.45) is 16.9 Å². The first-order valence-electron chi connectivity index (χ1n) is 3.15. The number of hydrogen-bond donors (Lipinski definition) is 1. The van der Waals surface area contributed by atoms with Crippen LogP contribution < -0.4 is 5.84 Å². The van der Waals surface area contributed by atoms with Gasteiger partial charge in [-0.2, -0.15) is 5.10 Å². The second kappa shape index (κ2) is 2.70. The van der Waals surface area contributed by atoms with Crippen molar-refractivity contribution in [3.63, 3.8) is 0 Å². The van der Waals surface area contributed by atoms with Crippen LogP contribution in [0.25, 0.3) is 0 Å². The lowest BCUT2D eigenvalue weighted by Crippen LogP contribution is -1.83. The van der Waals surface area contributed by atoms with E-state index in [0.29, 0.717) is 0 Å². The summed E-state index contributed by atoms with van der Waals surface area (Å²) in [6.07, 6.45) is 7.01. The number of nitrogens with two attached hydrogens (primary N) is 1. The Balaban J connectivity index is 1.88. The van der Waals surface area contributed by atoms with Gasteiger partial charge in [-0.3, -0.25) is 0 Å². The molecule has 8 heavy (non-hydrogen) atoms. The molecule has 0 aromatic heterocycles. The lowest BCUT2D eigenvalue weighted by atomic mass is 10.2. The Morgan fingerprint density at radius 1 is 1.62 bits per heavy atom. The Labute approximate surface area is 49.8 Å². The van der Waals surface area contributed by atoms with E-state index >= 15 is 0 Å². The number of rotatable bonds is 3. The second-order valence-electron chi connectivity index (χ2n) is 2.35. The summed E-state index contributed by atoms with van der Waals surface area (Å²) in [5.74, 6) is 5.91. The smallest absolute Gasteiger partial charge is 0.0240 e. The molecule has 0 aliphatic heterocycles. The van der Waals surface area contributed by atoms with Crippen molar-refractivity contribution in [1.82, 2.24) is 0 Å². The molecule has 0 atom stereocenters. The van der Waals surface area contributed by atoms with E-state index in [1.54, 1.807) is 6.21 Å². The number of nitrogens with zero attached hydrogens (tertiary/aromatic N) is 1. The molecule has 2 heteroatoms. The molecule has 0 amide bonds. The second-order valence-corrected chi connectivity index (χ2v) is 2.35. The average molecular weight is 112 g/mol. The van der Waals surface area contributed by atoms with Crippen LogP contribution in [0.3, 0.4) is 0 Å². The predicted octanol–water partition coefficient (Wildman–Crippen LogP) is 1.12. The summed E-state index contributed by atoms with van der Waals surface area (Å²) >= 11 is 0. The third kappa shape index (κ3) is 1.96. The van der Waals surface area contributed by atoms with Crippen LogP contribution in [-0.4, -0.2) is 6.21 Å². The van der Waals surface area contributed by atoms with E-state index in [4.69, 9.17) is 5.84 Å². The molecule has 1 aliphatic rings. The van der Waals surface area contributed by atoms with Crippen molar-refractivity contribution in [1.29, 1.82) is 0 Å². The molecular weight excluding hydrogens is 100 g/mol. The topological polar surface area (TPSA) is 38.4 Å². The molecular formula is C6H12N2. The highest BCUT2D eigenvalue weighted by molar-refractivity contribution is 5.56. The SMILES string of the molecule is N/N=C/CCC1CC1. The first-order chi connectivity index (χ1) is 3.93. The summed E-state index contributed by atoms with van der Waals surface area (Å²) in [6, 6.07) is 0. The summed E-state index contributed by atoms with van der Waals surface area (Å²) in [4.78, 5) is 0. The van der Waals surface area contributed by atoms with Crippen LogP contribution in [0.4, 0.5) is 0 Å². The van der Waals surface area contributed by atoms with E-state index in [-0.39, 0.29) is 0 Å². The van der Waals surface area contributed by atoms with Gasteiger partial charge in [0.1, 0.15) is 0 Å². The van der Waals surface area contributed by atoms with Crippen LogP contribution >= 0.6 is 0 Å². The molecule has 1 aliphatic carbocycles. The maximum absolute atomic E-state index is 4.90. The van der Waals surface area contributed by atoms with Gasteiger partial charge in [-0.1, -0.05) is 12.8 Å². The van der Waals surface area contributed by atoms with Crippen LogP contribution in [0.5, 0.6) is 0 Å². The lowest BCUT2D eigenvalue weighted by Gasteiger charge is -1.85. The zero-order valence-electron chi connectivity index (χ0n) is 5.01. The zero-order chi connectivity index (χ0) is 5.82. The van der Waals surface area contributed by atoms with Crippen LogP contribution in [0.2, 0.25) is 0 Å². The van der Waals surface area contributed by atoms with Gasteiger partial charge in [0.15, 0.2) is 0 Å². The van der Waals surface area contributed by atoms with Gasteiger partial charge in [0.05, 0.1) is 0 Å². The lowest BCUT2D eigenvalue weighted by molar-refractivity contribution is 0.763. The van der Waals surface area contributed by atoms with Crippen molar-refractivity contribution in [3.05, 3.63) is 0 Å². The molecule has 0 unspecified atom stereocenters. The molecule has 2 N–H and O–H groups in total. The van der Waals surface area contributed by atoms with Gasteiger partial charge in [0.25, 0.3) is 0 Å². The van der Waals surface area contributed by atoms with Crippen LogP contribution in [0.1, 0.15) is 25.7 Å². The van der Waals surface area contributed by atoms with Crippen molar-refractivity contribution in [2.75, 3.05) is 0 Å². The molecule has 46 valence electrons. The predicted molar refractivity (Wildman–Crippen MR) is 34.6 cm³/mol. The fraction of sp³-hybridized carbons (Fsp3) is 0.833. The molecule has 0 saturated heterocycles. The highest BCUT2D eigenvalue weighted by atomic mass is 15.1. The molecule has 1 fully saturated rings. The summed E-state index contributed by atoms with van der Waals surface area (Å²) in [5, 5.41) is 3.41. The van der Waals surface area contributed by atoms with Gasteiger partial charge in [-0.05, 0) is 18.8 Å². The molecule has 0 aromatic rings. The van der Waals surface area contributed by atoms with E-state index in [1.807, 2.05) is 0 Å². The van der Waals surface area contributed by atoms with E-state index in [9.17, 15) is 0 Å². The van der Waals surface area contributed by atoms with Gasteiger partial charge in [-0.15, -0.1) is 0 Å². The fourth-order valence-corrected chi connectivity index (χ4v) is 0.791. The minimum Gasteiger partial charge on any atom is -0.324 e. The Morgan fingerprint density at radius 3 is 2.88 bits per heavy atom. The quantitative estimate of drug-likeness (QED) is 0.331. The van der Waals surface area contributed by atoms with Gasteiger partial charge >= 0.3 is 0 Å². The first-order valence-corrected chi connectivity index (χ1v) is 3.15. The standard InChI is InChI=1S/C6H12N2/c7-8-5-1-2-6-3-4-6/h5-6H,1-4,7H2/b8-5+. The Morgan fingerprint density at radius 2 is 2.38 bits per heavy atom. The molecule has 1 saturated carbocycles. The Kier molecular flexibility index (Phi) is 1.89. The summed E-state index contributed by atoms with van der Waals surface area (Å²) < 4.78 is 0. The normalized spacial score (nSPS) is 20.0. The largest absolute Gasteiger partial charge is 0.324 e. The van der Waals surface area contributed by atoms with Gasteiger partial charge in [0, 0.05) is 6.21 Å². The molecule has 1 rings (SSSR count). The Hall–Kier alpha value is -0.530. The molecule has 0 bridgehead atoms. The van der Waals surface area contributed by atoms with Crippen molar-refractivity contribution in [3.8, 4) is 0 Å². The van der Waals surface area contributed by atoms with Crippen LogP contribution in [-0.2, 0) is 0 Å². The number of hydrogen-bond acceptors (Lipinski definition) is 2. The zero-order valence-corrected chi connectivity index (χ0v) is 5.01. The highest BCUT2D eigenvalue weighted by Gasteiger charge is 2.19. The van der Waals surface area contributed by atoms with E-state index < -0.39 is 0 Å². The van der Waals surface area contributed by atoms with Crippen molar-refractivity contribution < 1.29 is 0 Å². The third-order valence-corrected chi connectivity index (χ3v) is 1.51. The first kappa shape index (κ1) is 5.60. The van der Waals surface area contributed by atoms with E-state index in [0.717, 1.165) is 12.3 Å². The molecule has 0 heterocycles. The van der Waals surface area contributed by atoms with E-state index in [1.165, 1.54) is 19.3 Å². The molecule has 0 spiro atoms. The van der Waals surface area contributed by atoms with Gasteiger partial charge in [0.2, 0.25) is 0 Å². The Bertz CT molecular complexity index is 84.5. The molecule has 0 radical (unpaired) electrons. The van der Waals surface area contributed by atoms with Crippen molar-refractivity contribution in [2.45, 2.75) is 25.7 Å². The maximum Gasteiger partial charge on any atom is 0.0240 e. The summed E-state index contributed by atoms with van der Waals surface area (Å²) in [5.41, 5.74) is 0. The van der Waals surface area contributed by atoms with Crippen LogP contribution in [0, 0.1) is 5.92 Å². The van der Waals surface area contributed by atoms with E-state index in [2.05, 4.69) is 5.10 Å². The average Bonchev–Trinajstić information content (AvgIpc) is 2.51. The minimum atomic E-state index is 1.01. The monoisotopic (exact) mass is 112 g/mol. The maximum atomic E-state index is 4.90. The molecule has 0 aromatic carbocycles. The molecule has 2 nitrogen and oxygen atoms in total. The minimum absolute atomic E-state index is 1.01. The third-order valence-electron chi connectivity index (χ3n) is 1.51. The summed E-state index contributed by atoms with van der Waals surface area (Å²) in [7, 11) is 0. The highest BCUT2D eigenvalue weighted by Crippen LogP contribution is 2.32. The van der Waals surface area contributed by atoms with Crippen LogP contribution in [0.15, 0.2) is 5.10 Å². The van der Waals surface area contributed by atoms with Gasteiger partial charge < -0.3 is 5.84 Å². The summed E-state index contributed by atoms with van der Waals surface area (Å²) in [6.45, 7) is 0.